The Labute approximate surface area is 85.6 Å². The minimum atomic E-state index is -0.353. The molecular weight excluding hydrogens is 178 g/mol. The van der Waals surface area contributed by atoms with Crippen LogP contribution in [-0.2, 0) is 4.74 Å². The highest BCUT2D eigenvalue weighted by molar-refractivity contribution is 4.89. The van der Waals surface area contributed by atoms with E-state index in [1.165, 1.54) is 0 Å². The van der Waals surface area contributed by atoms with Gasteiger partial charge in [-0.3, -0.25) is 0 Å². The molecular formula is C10H19N3O. The lowest BCUT2D eigenvalue weighted by Gasteiger charge is -2.20. The number of nitrogens with two attached hydrogens (primary N) is 1. The largest absolute Gasteiger partial charge is 0.381 e. The number of hydrogen-bond acceptors (Lipinski definition) is 4. The van der Waals surface area contributed by atoms with Crippen LogP contribution in [0.5, 0.6) is 0 Å². The second kappa shape index (κ2) is 5.97. The van der Waals surface area contributed by atoms with E-state index in [1.54, 1.807) is 7.11 Å². The summed E-state index contributed by atoms with van der Waals surface area (Å²) in [5, 5.41) is 8.61. The van der Waals surface area contributed by atoms with Crippen LogP contribution < -0.4 is 5.73 Å². The maximum atomic E-state index is 8.61. The van der Waals surface area contributed by atoms with Crippen LogP contribution in [0.25, 0.3) is 0 Å². The second-order valence-electron chi connectivity index (χ2n) is 3.82. The third-order valence-corrected chi connectivity index (χ3v) is 2.72. The van der Waals surface area contributed by atoms with Crippen molar-refractivity contribution in [3.63, 3.8) is 0 Å². The molecule has 14 heavy (non-hydrogen) atoms. The molecule has 0 amide bonds. The van der Waals surface area contributed by atoms with Gasteiger partial charge in [0.1, 0.15) is 6.04 Å². The number of likely N-dealkylation sites (tertiary alicyclic amines) is 1. The minimum Gasteiger partial charge on any atom is -0.381 e. The molecule has 0 aliphatic carbocycles. The van der Waals surface area contributed by atoms with Crippen molar-refractivity contribution in [3.05, 3.63) is 0 Å². The topological polar surface area (TPSA) is 62.3 Å². The van der Waals surface area contributed by atoms with Gasteiger partial charge in [0, 0.05) is 20.2 Å². The molecule has 4 heteroatoms. The smallest absolute Gasteiger partial charge is 0.106 e. The number of methoxy groups -OCH3 is 1. The first kappa shape index (κ1) is 11.4. The molecule has 2 N–H and O–H groups in total. The highest BCUT2D eigenvalue weighted by Gasteiger charge is 2.17. The van der Waals surface area contributed by atoms with Crippen LogP contribution in [0.2, 0.25) is 0 Å². The Bertz CT molecular complexity index is 202. The lowest BCUT2D eigenvalue weighted by molar-refractivity contribution is 0.0897. The lowest BCUT2D eigenvalue weighted by Crippen LogP contribution is -2.37. The molecule has 1 rings (SSSR count). The number of nitrogens with zero attached hydrogens (tertiary/aromatic N) is 2. The molecule has 80 valence electrons. The molecule has 2 atom stereocenters. The van der Waals surface area contributed by atoms with E-state index >= 15 is 0 Å². The van der Waals surface area contributed by atoms with Crippen molar-refractivity contribution >= 4 is 0 Å². The molecule has 1 saturated heterocycles. The average molecular weight is 197 g/mol. The van der Waals surface area contributed by atoms with Crippen LogP contribution in [0, 0.1) is 11.3 Å². The van der Waals surface area contributed by atoms with Crippen molar-refractivity contribution in [1.82, 2.24) is 4.90 Å². The van der Waals surface area contributed by atoms with Gasteiger partial charge in [-0.15, -0.1) is 0 Å². The van der Waals surface area contributed by atoms with E-state index in [0.29, 0.717) is 12.6 Å². The Balaban J connectivity index is 2.31. The van der Waals surface area contributed by atoms with Gasteiger partial charge in [-0.2, -0.15) is 5.26 Å². The average Bonchev–Trinajstić information content (AvgIpc) is 2.43. The van der Waals surface area contributed by atoms with E-state index in [0.717, 1.165) is 32.4 Å². The third kappa shape index (κ3) is 3.62. The monoisotopic (exact) mass is 197 g/mol. The summed E-state index contributed by atoms with van der Waals surface area (Å²) in [6.07, 6.45) is 3.69. The van der Waals surface area contributed by atoms with E-state index in [9.17, 15) is 0 Å². The first-order valence-corrected chi connectivity index (χ1v) is 5.16. The Kier molecular flexibility index (Phi) is 4.88. The maximum absolute atomic E-state index is 8.61. The highest BCUT2D eigenvalue weighted by atomic mass is 16.5. The fourth-order valence-corrected chi connectivity index (χ4v) is 1.86. The second-order valence-corrected chi connectivity index (χ2v) is 3.82. The van der Waals surface area contributed by atoms with Crippen LogP contribution in [0.1, 0.15) is 19.3 Å². The standard InChI is InChI=1S/C10H19N3O/c1-14-10-3-2-5-13(6-4-10)8-9(12)7-11/h9-10H,2-6,8,12H2,1H3. The first-order chi connectivity index (χ1) is 6.76. The number of hydrogen-bond donors (Lipinski definition) is 1. The predicted molar refractivity (Wildman–Crippen MR) is 54.7 cm³/mol. The van der Waals surface area contributed by atoms with Crippen LogP contribution in [0.4, 0.5) is 0 Å². The molecule has 0 aromatic rings. The number of ether oxygens (including phenoxy) is 1. The molecule has 1 heterocycles. The van der Waals surface area contributed by atoms with Crippen LogP contribution >= 0.6 is 0 Å². The van der Waals surface area contributed by atoms with Gasteiger partial charge in [-0.05, 0) is 25.8 Å². The maximum Gasteiger partial charge on any atom is 0.106 e. The van der Waals surface area contributed by atoms with Gasteiger partial charge in [0.2, 0.25) is 0 Å². The van der Waals surface area contributed by atoms with Gasteiger partial charge in [0.15, 0.2) is 0 Å². The summed E-state index contributed by atoms with van der Waals surface area (Å²) in [7, 11) is 1.77. The van der Waals surface area contributed by atoms with Gasteiger partial charge in [-0.25, -0.2) is 0 Å². The van der Waals surface area contributed by atoms with E-state index in [4.69, 9.17) is 15.7 Å². The van der Waals surface area contributed by atoms with Crippen molar-refractivity contribution in [2.45, 2.75) is 31.4 Å². The zero-order valence-corrected chi connectivity index (χ0v) is 8.78. The molecule has 1 aliphatic rings. The van der Waals surface area contributed by atoms with E-state index < -0.39 is 0 Å². The quantitative estimate of drug-likeness (QED) is 0.708. The predicted octanol–water partition coefficient (Wildman–Crippen LogP) is 0.338. The van der Waals surface area contributed by atoms with Gasteiger partial charge in [0.25, 0.3) is 0 Å². The molecule has 2 unspecified atom stereocenters. The van der Waals surface area contributed by atoms with Crippen molar-refractivity contribution < 1.29 is 4.74 Å². The summed E-state index contributed by atoms with van der Waals surface area (Å²) in [6, 6.07) is 1.71. The van der Waals surface area contributed by atoms with Crippen molar-refractivity contribution in [1.29, 1.82) is 5.26 Å². The summed E-state index contributed by atoms with van der Waals surface area (Å²) >= 11 is 0. The summed E-state index contributed by atoms with van der Waals surface area (Å²) in [6.45, 7) is 2.72. The molecule has 0 aromatic heterocycles. The van der Waals surface area contributed by atoms with E-state index in [2.05, 4.69) is 11.0 Å². The zero-order valence-electron chi connectivity index (χ0n) is 8.78. The fourth-order valence-electron chi connectivity index (χ4n) is 1.86. The summed E-state index contributed by atoms with van der Waals surface area (Å²) in [5.74, 6) is 0. The van der Waals surface area contributed by atoms with Crippen molar-refractivity contribution in [2.24, 2.45) is 5.73 Å². The van der Waals surface area contributed by atoms with Crippen LogP contribution in [-0.4, -0.2) is 43.8 Å². The first-order valence-electron chi connectivity index (χ1n) is 5.16. The summed E-state index contributed by atoms with van der Waals surface area (Å²) in [5.41, 5.74) is 5.59. The number of rotatable bonds is 3. The molecule has 0 aromatic carbocycles. The molecule has 0 spiro atoms. The number of nitriles is 1. The molecule has 0 radical (unpaired) electrons. The van der Waals surface area contributed by atoms with Gasteiger partial charge < -0.3 is 15.4 Å². The summed E-state index contributed by atoms with van der Waals surface area (Å²) in [4.78, 5) is 2.26. The van der Waals surface area contributed by atoms with Gasteiger partial charge in [0.05, 0.1) is 12.2 Å². The normalized spacial score (nSPS) is 26.5. The van der Waals surface area contributed by atoms with Crippen molar-refractivity contribution in [2.75, 3.05) is 26.7 Å². The zero-order chi connectivity index (χ0) is 10.4. The lowest BCUT2D eigenvalue weighted by atomic mass is 10.2. The Morgan fingerprint density at radius 1 is 1.57 bits per heavy atom. The highest BCUT2D eigenvalue weighted by Crippen LogP contribution is 2.13. The van der Waals surface area contributed by atoms with Crippen LogP contribution in [0.3, 0.4) is 0 Å². The van der Waals surface area contributed by atoms with E-state index in [-0.39, 0.29) is 6.04 Å². The minimum absolute atomic E-state index is 0.353. The Hall–Kier alpha value is -0.630. The molecule has 1 fully saturated rings. The molecule has 1 aliphatic heterocycles. The van der Waals surface area contributed by atoms with Crippen molar-refractivity contribution in [3.8, 4) is 6.07 Å². The summed E-state index contributed by atoms with van der Waals surface area (Å²) < 4.78 is 5.33. The SMILES string of the molecule is COC1CCCN(CC(N)C#N)CC1. The van der Waals surface area contributed by atoms with E-state index in [1.807, 2.05) is 0 Å². The Morgan fingerprint density at radius 2 is 2.36 bits per heavy atom. The van der Waals surface area contributed by atoms with Gasteiger partial charge in [-0.1, -0.05) is 0 Å². The van der Waals surface area contributed by atoms with Gasteiger partial charge >= 0.3 is 0 Å². The third-order valence-electron chi connectivity index (χ3n) is 2.72. The molecule has 0 saturated carbocycles. The fraction of sp³-hybridized carbons (Fsp3) is 0.900. The van der Waals surface area contributed by atoms with Crippen LogP contribution in [0.15, 0.2) is 0 Å². The Morgan fingerprint density at radius 3 is 3.00 bits per heavy atom. The molecule has 4 nitrogen and oxygen atoms in total. The molecule has 0 bridgehead atoms.